The molecule has 2 rings (SSSR count). The molecule has 0 heterocycles. The maximum atomic E-state index is 13.4. The van der Waals surface area contributed by atoms with Gasteiger partial charge in [0.1, 0.15) is 0 Å². The molecule has 0 aliphatic heterocycles. The number of nitriles is 1. The van der Waals surface area contributed by atoms with Crippen LogP contribution in [0.4, 0.5) is 4.39 Å². The molecule has 0 bridgehead atoms. The monoisotopic (exact) mass is 219 g/mol. The molecule has 0 saturated heterocycles. The van der Waals surface area contributed by atoms with Crippen molar-refractivity contribution in [1.29, 1.82) is 5.26 Å². The highest BCUT2D eigenvalue weighted by molar-refractivity contribution is 5.35. The largest absolute Gasteiger partial charge is 0.491 e. The molecule has 0 atom stereocenters. The van der Waals surface area contributed by atoms with E-state index in [2.05, 4.69) is 0 Å². The summed E-state index contributed by atoms with van der Waals surface area (Å²) in [5.74, 6) is 0.562. The van der Waals surface area contributed by atoms with Crippen LogP contribution in [0, 0.1) is 23.1 Å². The Morgan fingerprint density at radius 2 is 2.25 bits per heavy atom. The van der Waals surface area contributed by atoms with E-state index in [1.165, 1.54) is 31.4 Å². The Labute approximate surface area is 94.7 Å². The fourth-order valence-electron chi connectivity index (χ4n) is 1.80. The van der Waals surface area contributed by atoms with Gasteiger partial charge in [-0.25, -0.2) is 4.39 Å². The molecule has 16 heavy (non-hydrogen) atoms. The van der Waals surface area contributed by atoms with Crippen LogP contribution in [0.15, 0.2) is 18.2 Å². The van der Waals surface area contributed by atoms with Gasteiger partial charge in [-0.15, -0.1) is 0 Å². The minimum absolute atomic E-state index is 0.248. The molecule has 0 amide bonds. The minimum Gasteiger partial charge on any atom is -0.491 e. The van der Waals surface area contributed by atoms with Gasteiger partial charge in [0.2, 0.25) is 0 Å². The SMILES string of the molecule is N#Cc1ccc(OCCC2CCC2)c(F)c1. The topological polar surface area (TPSA) is 33.0 Å². The third-order valence-electron chi connectivity index (χ3n) is 3.07. The second kappa shape index (κ2) is 4.98. The minimum atomic E-state index is -0.451. The zero-order valence-electron chi connectivity index (χ0n) is 9.08. The van der Waals surface area contributed by atoms with E-state index < -0.39 is 5.82 Å². The maximum absolute atomic E-state index is 13.4. The summed E-state index contributed by atoms with van der Waals surface area (Å²) in [5, 5.41) is 8.58. The molecule has 1 saturated carbocycles. The van der Waals surface area contributed by atoms with Crippen molar-refractivity contribution < 1.29 is 9.13 Å². The van der Waals surface area contributed by atoms with Crippen molar-refractivity contribution in [1.82, 2.24) is 0 Å². The average molecular weight is 219 g/mol. The fraction of sp³-hybridized carbons (Fsp3) is 0.462. The van der Waals surface area contributed by atoms with Gasteiger partial charge in [0, 0.05) is 0 Å². The molecular weight excluding hydrogens is 205 g/mol. The summed E-state index contributed by atoms with van der Waals surface area (Å²) >= 11 is 0. The summed E-state index contributed by atoms with van der Waals surface area (Å²) < 4.78 is 18.7. The first kappa shape index (κ1) is 10.9. The third-order valence-corrected chi connectivity index (χ3v) is 3.07. The van der Waals surface area contributed by atoms with Crippen LogP contribution < -0.4 is 4.74 Å². The summed E-state index contributed by atoms with van der Waals surface area (Å²) in [4.78, 5) is 0. The zero-order valence-corrected chi connectivity index (χ0v) is 9.08. The van der Waals surface area contributed by atoms with Crippen LogP contribution in [0.3, 0.4) is 0 Å². The Kier molecular flexibility index (Phi) is 3.40. The fourth-order valence-corrected chi connectivity index (χ4v) is 1.80. The molecule has 0 unspecified atom stereocenters. The van der Waals surface area contributed by atoms with Crippen molar-refractivity contribution in [2.45, 2.75) is 25.7 Å². The van der Waals surface area contributed by atoms with Crippen LogP contribution in [0.5, 0.6) is 5.75 Å². The van der Waals surface area contributed by atoms with Crippen LogP contribution in [-0.2, 0) is 0 Å². The highest BCUT2D eigenvalue weighted by atomic mass is 19.1. The third kappa shape index (κ3) is 2.52. The van der Waals surface area contributed by atoms with E-state index in [1.807, 2.05) is 6.07 Å². The average Bonchev–Trinajstić information content (AvgIpc) is 2.23. The molecule has 0 spiro atoms. The second-order valence-corrected chi connectivity index (χ2v) is 4.19. The van der Waals surface area contributed by atoms with Crippen LogP contribution >= 0.6 is 0 Å². The first-order valence-corrected chi connectivity index (χ1v) is 5.62. The molecule has 1 aromatic rings. The van der Waals surface area contributed by atoms with Crippen LogP contribution in [0.1, 0.15) is 31.2 Å². The summed E-state index contributed by atoms with van der Waals surface area (Å²) in [5.41, 5.74) is 0.323. The lowest BCUT2D eigenvalue weighted by atomic mass is 9.83. The summed E-state index contributed by atoms with van der Waals surface area (Å²) in [7, 11) is 0. The predicted octanol–water partition coefficient (Wildman–Crippen LogP) is 3.27. The highest BCUT2D eigenvalue weighted by Gasteiger charge is 2.17. The standard InChI is InChI=1S/C13H14FNO/c14-12-8-11(9-15)4-5-13(12)16-7-6-10-2-1-3-10/h4-5,8,10H,1-3,6-7H2. The molecule has 1 aromatic carbocycles. The van der Waals surface area contributed by atoms with Gasteiger partial charge in [-0.05, 0) is 30.5 Å². The number of hydrogen-bond donors (Lipinski definition) is 0. The molecular formula is C13H14FNO. The van der Waals surface area contributed by atoms with E-state index in [0.29, 0.717) is 12.2 Å². The molecule has 3 heteroatoms. The lowest BCUT2D eigenvalue weighted by Gasteiger charge is -2.24. The van der Waals surface area contributed by atoms with E-state index in [-0.39, 0.29) is 5.75 Å². The van der Waals surface area contributed by atoms with Gasteiger partial charge < -0.3 is 4.74 Å². The van der Waals surface area contributed by atoms with Crippen LogP contribution in [0.2, 0.25) is 0 Å². The van der Waals surface area contributed by atoms with Crippen molar-refractivity contribution in [2.24, 2.45) is 5.92 Å². The zero-order chi connectivity index (χ0) is 11.4. The Balaban J connectivity index is 1.86. The van der Waals surface area contributed by atoms with Gasteiger partial charge in [0.25, 0.3) is 0 Å². The molecule has 0 aromatic heterocycles. The molecule has 1 aliphatic rings. The number of nitrogens with zero attached hydrogens (tertiary/aromatic N) is 1. The number of benzene rings is 1. The number of halogens is 1. The van der Waals surface area contributed by atoms with E-state index in [0.717, 1.165) is 12.3 Å². The lowest BCUT2D eigenvalue weighted by Crippen LogP contribution is -2.14. The molecule has 0 N–H and O–H groups in total. The quantitative estimate of drug-likeness (QED) is 0.778. The molecule has 84 valence electrons. The summed E-state index contributed by atoms with van der Waals surface area (Å²) in [6.45, 7) is 0.563. The number of rotatable bonds is 4. The van der Waals surface area contributed by atoms with Gasteiger partial charge in [-0.1, -0.05) is 19.3 Å². The molecule has 0 radical (unpaired) electrons. The van der Waals surface area contributed by atoms with E-state index in [4.69, 9.17) is 10.00 Å². The Bertz CT molecular complexity index is 407. The first-order valence-electron chi connectivity index (χ1n) is 5.62. The van der Waals surface area contributed by atoms with Crippen molar-refractivity contribution in [3.05, 3.63) is 29.6 Å². The Morgan fingerprint density at radius 3 is 2.81 bits per heavy atom. The maximum Gasteiger partial charge on any atom is 0.166 e. The molecule has 2 nitrogen and oxygen atoms in total. The highest BCUT2D eigenvalue weighted by Crippen LogP contribution is 2.29. The Hall–Kier alpha value is -1.56. The van der Waals surface area contributed by atoms with Gasteiger partial charge in [-0.3, -0.25) is 0 Å². The normalized spacial score (nSPS) is 15.2. The van der Waals surface area contributed by atoms with Gasteiger partial charge in [-0.2, -0.15) is 5.26 Å². The smallest absolute Gasteiger partial charge is 0.166 e. The Morgan fingerprint density at radius 1 is 1.44 bits per heavy atom. The number of hydrogen-bond acceptors (Lipinski definition) is 2. The lowest BCUT2D eigenvalue weighted by molar-refractivity contribution is 0.217. The summed E-state index contributed by atoms with van der Waals surface area (Å²) in [6, 6.07) is 6.19. The summed E-state index contributed by atoms with van der Waals surface area (Å²) in [6.07, 6.45) is 4.87. The van der Waals surface area contributed by atoms with Crippen molar-refractivity contribution in [3.63, 3.8) is 0 Å². The van der Waals surface area contributed by atoms with Crippen molar-refractivity contribution >= 4 is 0 Å². The second-order valence-electron chi connectivity index (χ2n) is 4.19. The van der Waals surface area contributed by atoms with Gasteiger partial charge in [0.05, 0.1) is 18.2 Å². The van der Waals surface area contributed by atoms with Gasteiger partial charge >= 0.3 is 0 Å². The molecule has 1 aliphatic carbocycles. The van der Waals surface area contributed by atoms with E-state index >= 15 is 0 Å². The van der Waals surface area contributed by atoms with Crippen molar-refractivity contribution in [2.75, 3.05) is 6.61 Å². The van der Waals surface area contributed by atoms with E-state index in [9.17, 15) is 4.39 Å². The predicted molar refractivity (Wildman–Crippen MR) is 58.6 cm³/mol. The van der Waals surface area contributed by atoms with E-state index in [1.54, 1.807) is 6.07 Å². The van der Waals surface area contributed by atoms with Crippen LogP contribution in [-0.4, -0.2) is 6.61 Å². The van der Waals surface area contributed by atoms with Crippen LogP contribution in [0.25, 0.3) is 0 Å². The number of ether oxygens (including phenoxy) is 1. The van der Waals surface area contributed by atoms with Gasteiger partial charge in [0.15, 0.2) is 11.6 Å². The molecule has 1 fully saturated rings. The first-order chi connectivity index (χ1) is 7.79. The van der Waals surface area contributed by atoms with Crippen molar-refractivity contribution in [3.8, 4) is 11.8 Å².